The van der Waals surface area contributed by atoms with Crippen molar-refractivity contribution in [2.45, 2.75) is 64.6 Å². The van der Waals surface area contributed by atoms with Crippen LogP contribution in [0, 0.1) is 5.92 Å². The van der Waals surface area contributed by atoms with Crippen LogP contribution >= 0.6 is 12.4 Å². The SMILES string of the molecule is CC(N)C(C)C(=O)N(Cc1ccc2c(c1)CCO2)C1CCCC1.Cl. The Balaban J connectivity index is 0.00000208. The minimum absolute atomic E-state index is 0. The molecule has 1 fully saturated rings. The molecule has 0 spiro atoms. The van der Waals surface area contributed by atoms with Crippen molar-refractivity contribution in [3.63, 3.8) is 0 Å². The molecule has 1 aromatic rings. The van der Waals surface area contributed by atoms with Gasteiger partial charge in [0, 0.05) is 25.0 Å². The maximum atomic E-state index is 12.9. The van der Waals surface area contributed by atoms with Crippen LogP contribution in [-0.4, -0.2) is 29.5 Å². The fourth-order valence-electron chi connectivity index (χ4n) is 3.62. The summed E-state index contributed by atoms with van der Waals surface area (Å²) in [4.78, 5) is 15.0. The number of benzene rings is 1. The van der Waals surface area contributed by atoms with Crippen molar-refractivity contribution in [2.24, 2.45) is 11.7 Å². The summed E-state index contributed by atoms with van der Waals surface area (Å²) in [5, 5.41) is 0. The second-order valence-corrected chi connectivity index (χ2v) is 7.09. The van der Waals surface area contributed by atoms with Crippen molar-refractivity contribution in [3.05, 3.63) is 29.3 Å². The van der Waals surface area contributed by atoms with Gasteiger partial charge in [-0.15, -0.1) is 12.4 Å². The van der Waals surface area contributed by atoms with Gasteiger partial charge in [0.05, 0.1) is 12.5 Å². The molecule has 3 rings (SSSR count). The maximum absolute atomic E-state index is 12.9. The molecule has 0 aromatic heterocycles. The van der Waals surface area contributed by atoms with E-state index >= 15 is 0 Å². The first-order chi connectivity index (χ1) is 11.1. The number of halogens is 1. The van der Waals surface area contributed by atoms with Crippen LogP contribution < -0.4 is 10.5 Å². The van der Waals surface area contributed by atoms with Crippen molar-refractivity contribution >= 4 is 18.3 Å². The van der Waals surface area contributed by atoms with Gasteiger partial charge in [0.25, 0.3) is 0 Å². The topological polar surface area (TPSA) is 55.6 Å². The zero-order valence-corrected chi connectivity index (χ0v) is 15.5. The third-order valence-corrected chi connectivity index (χ3v) is 5.33. The van der Waals surface area contributed by atoms with E-state index in [1.807, 2.05) is 19.9 Å². The number of ether oxygens (including phenoxy) is 1. The first-order valence-corrected chi connectivity index (χ1v) is 8.87. The van der Waals surface area contributed by atoms with E-state index < -0.39 is 0 Å². The number of rotatable bonds is 5. The van der Waals surface area contributed by atoms with E-state index in [1.54, 1.807) is 0 Å². The molecule has 0 bridgehead atoms. The molecule has 5 heteroatoms. The molecule has 24 heavy (non-hydrogen) atoms. The quantitative estimate of drug-likeness (QED) is 0.884. The van der Waals surface area contributed by atoms with Crippen molar-refractivity contribution in [1.82, 2.24) is 4.90 Å². The zero-order chi connectivity index (χ0) is 16.4. The summed E-state index contributed by atoms with van der Waals surface area (Å²) in [5.74, 6) is 1.06. The van der Waals surface area contributed by atoms with Gasteiger partial charge in [-0.3, -0.25) is 4.79 Å². The third-order valence-electron chi connectivity index (χ3n) is 5.33. The summed E-state index contributed by atoms with van der Waals surface area (Å²) in [6.45, 7) is 5.33. The predicted molar refractivity (Wildman–Crippen MR) is 98.5 cm³/mol. The first-order valence-electron chi connectivity index (χ1n) is 8.87. The Labute approximate surface area is 151 Å². The summed E-state index contributed by atoms with van der Waals surface area (Å²) >= 11 is 0. The molecule has 1 amide bonds. The Morgan fingerprint density at radius 1 is 1.33 bits per heavy atom. The van der Waals surface area contributed by atoms with E-state index in [0.29, 0.717) is 12.6 Å². The normalized spacial score (nSPS) is 19.1. The lowest BCUT2D eigenvalue weighted by molar-refractivity contribution is -0.138. The van der Waals surface area contributed by atoms with E-state index in [9.17, 15) is 4.79 Å². The smallest absolute Gasteiger partial charge is 0.227 e. The highest BCUT2D eigenvalue weighted by Gasteiger charge is 2.31. The van der Waals surface area contributed by atoms with Gasteiger partial charge in [-0.05, 0) is 37.0 Å². The van der Waals surface area contributed by atoms with Crippen molar-refractivity contribution in [3.8, 4) is 5.75 Å². The average molecular weight is 353 g/mol. The van der Waals surface area contributed by atoms with Gasteiger partial charge in [0.15, 0.2) is 0 Å². The number of hydrogen-bond donors (Lipinski definition) is 1. The second-order valence-electron chi connectivity index (χ2n) is 7.09. The molecule has 1 aliphatic carbocycles. The van der Waals surface area contributed by atoms with Crippen molar-refractivity contribution in [2.75, 3.05) is 6.61 Å². The number of nitrogens with two attached hydrogens (primary N) is 1. The lowest BCUT2D eigenvalue weighted by atomic mass is 10.00. The molecule has 1 aliphatic heterocycles. The Hall–Kier alpha value is -1.26. The molecule has 1 aromatic carbocycles. The van der Waals surface area contributed by atoms with E-state index in [-0.39, 0.29) is 30.3 Å². The van der Waals surface area contributed by atoms with Gasteiger partial charge in [-0.1, -0.05) is 31.9 Å². The van der Waals surface area contributed by atoms with Gasteiger partial charge in [-0.25, -0.2) is 0 Å². The number of hydrogen-bond acceptors (Lipinski definition) is 3. The lowest BCUT2D eigenvalue weighted by Crippen LogP contribution is -2.45. The van der Waals surface area contributed by atoms with Crippen LogP contribution in [-0.2, 0) is 17.8 Å². The summed E-state index contributed by atoms with van der Waals surface area (Å²) in [5.41, 5.74) is 8.44. The Morgan fingerprint density at radius 2 is 2.04 bits per heavy atom. The van der Waals surface area contributed by atoms with Crippen LogP contribution in [0.2, 0.25) is 0 Å². The molecular weight excluding hydrogens is 324 g/mol. The number of fused-ring (bicyclic) bond motifs is 1. The monoisotopic (exact) mass is 352 g/mol. The molecule has 1 heterocycles. The molecule has 2 unspecified atom stereocenters. The first kappa shape index (κ1) is 19.1. The van der Waals surface area contributed by atoms with Crippen molar-refractivity contribution < 1.29 is 9.53 Å². The third kappa shape index (κ3) is 4.04. The number of carbonyl (C=O) groups is 1. The Bertz CT molecular complexity index is 570. The van der Waals surface area contributed by atoms with Crippen LogP contribution in [0.1, 0.15) is 50.7 Å². The summed E-state index contributed by atoms with van der Waals surface area (Å²) in [7, 11) is 0. The minimum atomic E-state index is -0.131. The molecule has 4 nitrogen and oxygen atoms in total. The standard InChI is InChI=1S/C19H28N2O2.ClH/c1-13(14(2)20)19(22)21(17-5-3-4-6-17)12-15-7-8-18-16(11-15)9-10-23-18;/h7-8,11,13-14,17H,3-6,9-10,12,20H2,1-2H3;1H. The number of carbonyl (C=O) groups excluding carboxylic acids is 1. The largest absolute Gasteiger partial charge is 0.493 e. The van der Waals surface area contributed by atoms with Crippen LogP contribution in [0.25, 0.3) is 0 Å². The van der Waals surface area contributed by atoms with E-state index in [4.69, 9.17) is 10.5 Å². The molecule has 0 radical (unpaired) electrons. The van der Waals surface area contributed by atoms with Gasteiger partial charge >= 0.3 is 0 Å². The second kappa shape index (κ2) is 8.21. The predicted octanol–water partition coefficient (Wildman–Crippen LogP) is 3.30. The van der Waals surface area contributed by atoms with Crippen LogP contribution in [0.3, 0.4) is 0 Å². The van der Waals surface area contributed by atoms with Crippen molar-refractivity contribution in [1.29, 1.82) is 0 Å². The van der Waals surface area contributed by atoms with Crippen LogP contribution in [0.15, 0.2) is 18.2 Å². The fraction of sp³-hybridized carbons (Fsp3) is 0.632. The molecule has 1 saturated carbocycles. The van der Waals surface area contributed by atoms with Gasteiger partial charge in [0.1, 0.15) is 5.75 Å². The van der Waals surface area contributed by atoms with Gasteiger partial charge in [-0.2, -0.15) is 0 Å². The zero-order valence-electron chi connectivity index (χ0n) is 14.7. The van der Waals surface area contributed by atoms with E-state index in [0.717, 1.165) is 31.6 Å². The molecule has 0 saturated heterocycles. The highest BCUT2D eigenvalue weighted by molar-refractivity contribution is 5.85. The number of amides is 1. The Kier molecular flexibility index (Phi) is 6.53. The summed E-state index contributed by atoms with van der Waals surface area (Å²) in [6, 6.07) is 6.60. The Morgan fingerprint density at radius 3 is 2.71 bits per heavy atom. The maximum Gasteiger partial charge on any atom is 0.227 e. The number of nitrogens with zero attached hydrogens (tertiary/aromatic N) is 1. The molecule has 134 valence electrons. The molecule has 2 aliphatic rings. The van der Waals surface area contributed by atoms with Gasteiger partial charge in [0.2, 0.25) is 5.91 Å². The average Bonchev–Trinajstić information content (AvgIpc) is 3.21. The summed E-state index contributed by atoms with van der Waals surface area (Å²) in [6.07, 6.45) is 5.64. The van der Waals surface area contributed by atoms with E-state index in [2.05, 4.69) is 17.0 Å². The molecular formula is C19H29ClN2O2. The lowest BCUT2D eigenvalue weighted by Gasteiger charge is -2.32. The molecule has 2 N–H and O–H groups in total. The summed E-state index contributed by atoms with van der Waals surface area (Å²) < 4.78 is 5.58. The highest BCUT2D eigenvalue weighted by atomic mass is 35.5. The molecule has 2 atom stereocenters. The fourth-order valence-corrected chi connectivity index (χ4v) is 3.62. The highest BCUT2D eigenvalue weighted by Crippen LogP contribution is 2.30. The van der Waals surface area contributed by atoms with Crippen LogP contribution in [0.4, 0.5) is 0 Å². The minimum Gasteiger partial charge on any atom is -0.493 e. The van der Waals surface area contributed by atoms with Crippen LogP contribution in [0.5, 0.6) is 5.75 Å². The van der Waals surface area contributed by atoms with E-state index in [1.165, 1.54) is 24.0 Å². The van der Waals surface area contributed by atoms with Gasteiger partial charge < -0.3 is 15.4 Å².